The second-order valence-electron chi connectivity index (χ2n) is 7.59. The molecule has 2 aliphatic rings. The van der Waals surface area contributed by atoms with E-state index in [1.165, 1.54) is 57.8 Å². The molecule has 1 spiro atoms. The Balaban J connectivity index is 1.93. The first-order valence-corrected chi connectivity index (χ1v) is 8.16. The average molecular weight is 248 g/mol. The lowest BCUT2D eigenvalue weighted by molar-refractivity contribution is 0.0687. The molecule has 0 N–H and O–H groups in total. The molecule has 0 radical (unpaired) electrons. The number of rotatable bonds is 5. The fraction of sp³-hybridized carbons (Fsp3) is 0.889. The third-order valence-electron chi connectivity index (χ3n) is 5.83. The van der Waals surface area contributed by atoms with Crippen LogP contribution in [0.25, 0.3) is 0 Å². The summed E-state index contributed by atoms with van der Waals surface area (Å²) in [6.45, 7) is 9.61. The first kappa shape index (κ1) is 14.2. The Morgan fingerprint density at radius 2 is 1.94 bits per heavy atom. The first-order valence-electron chi connectivity index (χ1n) is 8.16. The largest absolute Gasteiger partial charge is 0.0856 e. The maximum absolute atomic E-state index is 2.54. The van der Waals surface area contributed by atoms with Gasteiger partial charge in [0.2, 0.25) is 0 Å². The van der Waals surface area contributed by atoms with Crippen molar-refractivity contribution in [2.45, 2.75) is 85.5 Å². The summed E-state index contributed by atoms with van der Waals surface area (Å²) in [5.74, 6) is 1.01. The van der Waals surface area contributed by atoms with Gasteiger partial charge in [0, 0.05) is 0 Å². The highest BCUT2D eigenvalue weighted by atomic mass is 14.6. The van der Waals surface area contributed by atoms with Crippen molar-refractivity contribution in [1.82, 2.24) is 0 Å². The molecule has 18 heavy (non-hydrogen) atoms. The highest BCUT2D eigenvalue weighted by Crippen LogP contribution is 2.64. The Morgan fingerprint density at radius 3 is 2.56 bits per heavy atom. The minimum Gasteiger partial charge on any atom is -0.0856 e. The molecule has 0 aromatic carbocycles. The quantitative estimate of drug-likeness (QED) is 0.514. The summed E-state index contributed by atoms with van der Waals surface area (Å²) in [4.78, 5) is 0. The van der Waals surface area contributed by atoms with Crippen LogP contribution in [0, 0.1) is 16.7 Å². The van der Waals surface area contributed by atoms with Crippen LogP contribution in [0.1, 0.15) is 85.5 Å². The van der Waals surface area contributed by atoms with E-state index in [2.05, 4.69) is 33.8 Å². The van der Waals surface area contributed by atoms with Gasteiger partial charge in [-0.25, -0.2) is 0 Å². The predicted octanol–water partition coefficient (Wildman–Crippen LogP) is 6.12. The molecule has 0 heteroatoms. The van der Waals surface area contributed by atoms with Crippen LogP contribution in [0.2, 0.25) is 0 Å². The highest BCUT2D eigenvalue weighted by molar-refractivity contribution is 5.05. The van der Waals surface area contributed by atoms with Crippen LogP contribution in [-0.4, -0.2) is 0 Å². The second kappa shape index (κ2) is 5.39. The van der Waals surface area contributed by atoms with Crippen LogP contribution < -0.4 is 0 Å². The smallest absolute Gasteiger partial charge is 0.0264 e. The topological polar surface area (TPSA) is 0 Å². The molecular formula is C18H32. The molecule has 1 unspecified atom stereocenters. The Morgan fingerprint density at radius 1 is 1.22 bits per heavy atom. The zero-order valence-corrected chi connectivity index (χ0v) is 13.0. The van der Waals surface area contributed by atoms with E-state index in [-0.39, 0.29) is 0 Å². The zero-order valence-electron chi connectivity index (χ0n) is 13.0. The van der Waals surface area contributed by atoms with Crippen LogP contribution in [0.5, 0.6) is 0 Å². The Kier molecular flexibility index (Phi) is 4.24. The van der Waals surface area contributed by atoms with Crippen LogP contribution in [0.15, 0.2) is 11.6 Å². The molecule has 0 aromatic heterocycles. The molecule has 0 nitrogen and oxygen atoms in total. The third-order valence-corrected chi connectivity index (χ3v) is 5.83. The minimum absolute atomic E-state index is 0.557. The second-order valence-corrected chi connectivity index (χ2v) is 7.59. The van der Waals surface area contributed by atoms with E-state index in [9.17, 15) is 0 Å². The predicted molar refractivity (Wildman–Crippen MR) is 80.7 cm³/mol. The summed E-state index contributed by atoms with van der Waals surface area (Å²) < 4.78 is 0. The van der Waals surface area contributed by atoms with Gasteiger partial charge in [-0.3, -0.25) is 0 Å². The molecule has 104 valence electrons. The summed E-state index contributed by atoms with van der Waals surface area (Å²) in [6, 6.07) is 0. The summed E-state index contributed by atoms with van der Waals surface area (Å²) >= 11 is 0. The lowest BCUT2D eigenvalue weighted by Gasteiger charge is -2.43. The molecule has 0 aromatic rings. The normalized spacial score (nSPS) is 27.6. The van der Waals surface area contributed by atoms with Gasteiger partial charge in [-0.05, 0) is 68.6 Å². The molecular weight excluding hydrogens is 216 g/mol. The SMILES string of the molecule is CC/C(C)=C/CCC(C)(C)C1CCCCC12CC2. The van der Waals surface area contributed by atoms with Gasteiger partial charge in [-0.1, -0.05) is 45.3 Å². The van der Waals surface area contributed by atoms with Gasteiger partial charge < -0.3 is 0 Å². The van der Waals surface area contributed by atoms with Crippen molar-refractivity contribution in [2.24, 2.45) is 16.7 Å². The maximum atomic E-state index is 2.54. The number of allylic oxidation sites excluding steroid dienone is 2. The number of hydrogen-bond acceptors (Lipinski definition) is 0. The van der Waals surface area contributed by atoms with Gasteiger partial charge in [0.25, 0.3) is 0 Å². The minimum atomic E-state index is 0.557. The molecule has 2 rings (SSSR count). The van der Waals surface area contributed by atoms with Gasteiger partial charge in [-0.2, -0.15) is 0 Å². The Hall–Kier alpha value is -0.260. The van der Waals surface area contributed by atoms with Crippen molar-refractivity contribution in [2.75, 3.05) is 0 Å². The standard InChI is InChI=1S/C18H32/c1-5-15(2)9-8-11-17(3,4)16-10-6-7-12-18(16)13-14-18/h9,16H,5-8,10-14H2,1-4H3/b15-9+. The molecule has 0 saturated heterocycles. The van der Waals surface area contributed by atoms with Crippen molar-refractivity contribution in [1.29, 1.82) is 0 Å². The van der Waals surface area contributed by atoms with Gasteiger partial charge in [0.1, 0.15) is 0 Å². The Labute approximate surface area is 114 Å². The van der Waals surface area contributed by atoms with Crippen LogP contribution in [0.4, 0.5) is 0 Å². The van der Waals surface area contributed by atoms with E-state index < -0.39 is 0 Å². The first-order chi connectivity index (χ1) is 8.50. The van der Waals surface area contributed by atoms with Gasteiger partial charge in [0.15, 0.2) is 0 Å². The fourth-order valence-electron chi connectivity index (χ4n) is 4.29. The molecule has 2 aliphatic carbocycles. The van der Waals surface area contributed by atoms with E-state index in [1.54, 1.807) is 5.57 Å². The molecule has 0 amide bonds. The molecule has 2 fully saturated rings. The van der Waals surface area contributed by atoms with E-state index in [4.69, 9.17) is 0 Å². The van der Waals surface area contributed by atoms with Gasteiger partial charge in [0.05, 0.1) is 0 Å². The van der Waals surface area contributed by atoms with Gasteiger partial charge >= 0.3 is 0 Å². The molecule has 1 atom stereocenters. The molecule has 0 bridgehead atoms. The lowest BCUT2D eigenvalue weighted by atomic mass is 9.62. The van der Waals surface area contributed by atoms with Crippen LogP contribution >= 0.6 is 0 Å². The van der Waals surface area contributed by atoms with E-state index in [1.807, 2.05) is 0 Å². The van der Waals surface area contributed by atoms with Crippen molar-refractivity contribution in [3.63, 3.8) is 0 Å². The average Bonchev–Trinajstić information content (AvgIpc) is 3.09. The van der Waals surface area contributed by atoms with E-state index in [0.29, 0.717) is 5.41 Å². The van der Waals surface area contributed by atoms with Crippen molar-refractivity contribution in [3.05, 3.63) is 11.6 Å². The zero-order chi connectivity index (χ0) is 13.2. The lowest BCUT2D eigenvalue weighted by Crippen LogP contribution is -2.34. The maximum Gasteiger partial charge on any atom is -0.0264 e. The summed E-state index contributed by atoms with van der Waals surface area (Å²) in [5, 5.41) is 0. The summed E-state index contributed by atoms with van der Waals surface area (Å²) in [7, 11) is 0. The molecule has 0 aliphatic heterocycles. The van der Waals surface area contributed by atoms with Crippen LogP contribution in [0.3, 0.4) is 0 Å². The summed E-state index contributed by atoms with van der Waals surface area (Å²) in [6.07, 6.45) is 15.5. The summed E-state index contributed by atoms with van der Waals surface area (Å²) in [5.41, 5.74) is 2.92. The van der Waals surface area contributed by atoms with Gasteiger partial charge in [-0.15, -0.1) is 0 Å². The fourth-order valence-corrected chi connectivity index (χ4v) is 4.29. The molecule has 2 saturated carbocycles. The van der Waals surface area contributed by atoms with Crippen molar-refractivity contribution in [3.8, 4) is 0 Å². The van der Waals surface area contributed by atoms with Crippen LogP contribution in [-0.2, 0) is 0 Å². The van der Waals surface area contributed by atoms with E-state index in [0.717, 1.165) is 11.3 Å². The number of hydrogen-bond donors (Lipinski definition) is 0. The highest BCUT2D eigenvalue weighted by Gasteiger charge is 2.54. The van der Waals surface area contributed by atoms with Crippen molar-refractivity contribution < 1.29 is 0 Å². The molecule has 0 heterocycles. The van der Waals surface area contributed by atoms with Crippen molar-refractivity contribution >= 4 is 0 Å². The van der Waals surface area contributed by atoms with E-state index >= 15 is 0 Å². The Bertz CT molecular complexity index is 304. The third kappa shape index (κ3) is 3.00. The monoisotopic (exact) mass is 248 g/mol.